The number of anilines is 1. The summed E-state index contributed by atoms with van der Waals surface area (Å²) >= 11 is 0. The first-order chi connectivity index (χ1) is 13.6. The number of nitrogens with zero attached hydrogens (tertiary/aromatic N) is 1. The summed E-state index contributed by atoms with van der Waals surface area (Å²) in [6.45, 7) is 2.05. The average molecular weight is 430 g/mol. The summed E-state index contributed by atoms with van der Waals surface area (Å²) < 4.78 is 62.2. The zero-order valence-corrected chi connectivity index (χ0v) is 16.8. The van der Waals surface area contributed by atoms with E-state index in [1.165, 1.54) is 25.3 Å². The molecule has 0 spiro atoms. The highest BCUT2D eigenvalue weighted by Crippen LogP contribution is 2.35. The molecule has 0 aromatic heterocycles. The van der Waals surface area contributed by atoms with Gasteiger partial charge in [-0.3, -0.25) is 10.1 Å². The molecule has 0 amide bonds. The summed E-state index contributed by atoms with van der Waals surface area (Å²) in [7, 11) is -2.16. The second kappa shape index (κ2) is 9.03. The molecular weight excluding hydrogens is 410 g/mol. The van der Waals surface area contributed by atoms with E-state index in [0.717, 1.165) is 6.26 Å². The van der Waals surface area contributed by atoms with E-state index in [1.54, 1.807) is 6.92 Å². The molecule has 0 heterocycles. The molecule has 0 aliphatic carbocycles. The number of rotatable bonds is 9. The lowest BCUT2D eigenvalue weighted by molar-refractivity contribution is -0.384. The van der Waals surface area contributed by atoms with Crippen LogP contribution in [0.2, 0.25) is 0 Å². The van der Waals surface area contributed by atoms with E-state index in [0.29, 0.717) is 35.8 Å². The SMILES string of the molecule is CCOc1cc([C@@H](CS(C)(=O)=O)Nc2c(F)cc(F)cc2[N+](=O)[O-])ccc1OC. The Hall–Kier alpha value is -2.95. The molecular formula is C18H20F2N2O6S. The van der Waals surface area contributed by atoms with Crippen molar-refractivity contribution >= 4 is 21.2 Å². The highest BCUT2D eigenvalue weighted by Gasteiger charge is 2.26. The third-order valence-corrected chi connectivity index (χ3v) is 4.85. The number of halogens is 2. The van der Waals surface area contributed by atoms with Crippen molar-refractivity contribution in [2.75, 3.05) is 31.0 Å². The van der Waals surface area contributed by atoms with Gasteiger partial charge in [-0.1, -0.05) is 6.07 Å². The van der Waals surface area contributed by atoms with Gasteiger partial charge in [0.25, 0.3) is 5.69 Å². The van der Waals surface area contributed by atoms with E-state index in [9.17, 15) is 27.3 Å². The van der Waals surface area contributed by atoms with Gasteiger partial charge in [-0.2, -0.15) is 0 Å². The lowest BCUT2D eigenvalue weighted by atomic mass is 10.1. The predicted octanol–water partition coefficient (Wildman–Crippen LogP) is 3.48. The Bertz CT molecular complexity index is 1010. The van der Waals surface area contributed by atoms with Gasteiger partial charge in [0.15, 0.2) is 17.3 Å². The molecule has 1 N–H and O–H groups in total. The Morgan fingerprint density at radius 1 is 1.21 bits per heavy atom. The summed E-state index contributed by atoms with van der Waals surface area (Å²) in [5, 5.41) is 13.8. The molecule has 0 unspecified atom stereocenters. The molecule has 1 atom stereocenters. The van der Waals surface area contributed by atoms with Crippen LogP contribution >= 0.6 is 0 Å². The van der Waals surface area contributed by atoms with Crippen LogP contribution in [0.1, 0.15) is 18.5 Å². The van der Waals surface area contributed by atoms with Crippen LogP contribution in [0.15, 0.2) is 30.3 Å². The van der Waals surface area contributed by atoms with Crippen molar-refractivity contribution in [3.05, 3.63) is 57.6 Å². The van der Waals surface area contributed by atoms with E-state index in [4.69, 9.17) is 9.47 Å². The van der Waals surface area contributed by atoms with E-state index >= 15 is 0 Å². The number of hydrogen-bond acceptors (Lipinski definition) is 7. The van der Waals surface area contributed by atoms with E-state index in [1.807, 2.05) is 0 Å². The minimum Gasteiger partial charge on any atom is -0.493 e. The van der Waals surface area contributed by atoms with E-state index in [-0.39, 0.29) is 0 Å². The molecule has 2 rings (SSSR count). The number of ether oxygens (including phenoxy) is 2. The third kappa shape index (κ3) is 5.76. The predicted molar refractivity (Wildman–Crippen MR) is 103 cm³/mol. The molecule has 0 bridgehead atoms. The number of nitrogens with one attached hydrogen (secondary N) is 1. The zero-order chi connectivity index (χ0) is 21.8. The number of nitro groups is 1. The Labute approximate surface area is 166 Å². The van der Waals surface area contributed by atoms with Gasteiger partial charge < -0.3 is 14.8 Å². The van der Waals surface area contributed by atoms with Crippen molar-refractivity contribution in [2.24, 2.45) is 0 Å². The first-order valence-electron chi connectivity index (χ1n) is 8.44. The first-order valence-corrected chi connectivity index (χ1v) is 10.5. The standard InChI is InChI=1S/C18H20F2N2O6S/c1-4-28-17-7-11(5-6-16(17)27-2)14(10-29(3,25)26)21-18-13(20)8-12(19)9-15(18)22(23)24/h5-9,14,21H,4,10H2,1-3H3/t14-/m1/s1. The van der Waals surface area contributed by atoms with E-state index < -0.39 is 49.6 Å². The summed E-state index contributed by atoms with van der Waals surface area (Å²) in [5.74, 6) is -2.12. The van der Waals surface area contributed by atoms with Crippen LogP contribution in [0.5, 0.6) is 11.5 Å². The van der Waals surface area contributed by atoms with Crippen LogP contribution in [-0.4, -0.2) is 39.1 Å². The normalized spacial score (nSPS) is 12.3. The quantitative estimate of drug-likeness (QED) is 0.479. The second-order valence-corrected chi connectivity index (χ2v) is 8.36. The van der Waals surface area contributed by atoms with Crippen LogP contribution in [0.4, 0.5) is 20.2 Å². The smallest absolute Gasteiger partial charge is 0.298 e. The molecule has 29 heavy (non-hydrogen) atoms. The van der Waals surface area contributed by atoms with Gasteiger partial charge in [0, 0.05) is 12.3 Å². The monoisotopic (exact) mass is 430 g/mol. The third-order valence-electron chi connectivity index (χ3n) is 3.91. The Morgan fingerprint density at radius 2 is 1.90 bits per heavy atom. The van der Waals surface area contributed by atoms with Crippen molar-refractivity contribution in [3.63, 3.8) is 0 Å². The fourth-order valence-corrected chi connectivity index (χ4v) is 3.60. The Kier molecular flexibility index (Phi) is 6.96. The maximum Gasteiger partial charge on any atom is 0.298 e. The molecule has 0 radical (unpaired) electrons. The molecule has 2 aromatic rings. The maximum atomic E-state index is 14.3. The van der Waals surface area contributed by atoms with Gasteiger partial charge in [0.05, 0.1) is 36.5 Å². The Balaban J connectivity index is 2.57. The molecule has 2 aromatic carbocycles. The van der Waals surface area contributed by atoms with Crippen LogP contribution in [0.25, 0.3) is 0 Å². The molecule has 0 fully saturated rings. The maximum absolute atomic E-state index is 14.3. The van der Waals surface area contributed by atoms with Gasteiger partial charge in [-0.15, -0.1) is 0 Å². The van der Waals surface area contributed by atoms with Crippen LogP contribution in [-0.2, 0) is 9.84 Å². The van der Waals surface area contributed by atoms with Gasteiger partial charge in [-0.25, -0.2) is 17.2 Å². The largest absolute Gasteiger partial charge is 0.493 e. The lowest BCUT2D eigenvalue weighted by Crippen LogP contribution is -2.22. The molecule has 0 aliphatic heterocycles. The molecule has 0 aliphatic rings. The molecule has 158 valence electrons. The molecule has 8 nitrogen and oxygen atoms in total. The number of benzene rings is 2. The van der Waals surface area contributed by atoms with Gasteiger partial charge in [-0.05, 0) is 24.6 Å². The van der Waals surface area contributed by atoms with E-state index in [2.05, 4.69) is 5.32 Å². The van der Waals surface area contributed by atoms with Crippen molar-refractivity contribution in [3.8, 4) is 11.5 Å². The van der Waals surface area contributed by atoms with Crippen molar-refractivity contribution in [1.29, 1.82) is 0 Å². The second-order valence-electron chi connectivity index (χ2n) is 6.17. The van der Waals surface area contributed by atoms with Crippen molar-refractivity contribution in [1.82, 2.24) is 0 Å². The van der Waals surface area contributed by atoms with Gasteiger partial charge in [0.2, 0.25) is 0 Å². The molecule has 0 saturated heterocycles. The number of sulfone groups is 1. The molecule has 0 saturated carbocycles. The minimum absolute atomic E-state index is 0.308. The topological polar surface area (TPSA) is 108 Å². The minimum atomic E-state index is -3.59. The lowest BCUT2D eigenvalue weighted by Gasteiger charge is -2.21. The fourth-order valence-electron chi connectivity index (χ4n) is 2.72. The summed E-state index contributed by atoms with van der Waals surface area (Å²) in [4.78, 5) is 10.3. The average Bonchev–Trinajstić information content (AvgIpc) is 2.61. The van der Waals surface area contributed by atoms with Crippen molar-refractivity contribution in [2.45, 2.75) is 13.0 Å². The van der Waals surface area contributed by atoms with Crippen molar-refractivity contribution < 1.29 is 31.6 Å². The highest BCUT2D eigenvalue weighted by molar-refractivity contribution is 7.90. The first kappa shape index (κ1) is 22.3. The van der Waals surface area contributed by atoms with Crippen LogP contribution < -0.4 is 14.8 Å². The Morgan fingerprint density at radius 3 is 2.45 bits per heavy atom. The number of nitro benzene ring substituents is 1. The highest BCUT2D eigenvalue weighted by atomic mass is 32.2. The fraction of sp³-hybridized carbons (Fsp3) is 0.333. The zero-order valence-electron chi connectivity index (χ0n) is 15.9. The van der Waals surface area contributed by atoms with Crippen LogP contribution in [0.3, 0.4) is 0 Å². The van der Waals surface area contributed by atoms with Crippen LogP contribution in [0, 0.1) is 21.7 Å². The summed E-state index contributed by atoms with van der Waals surface area (Å²) in [6, 6.07) is 4.52. The summed E-state index contributed by atoms with van der Waals surface area (Å²) in [6.07, 6.45) is 0.976. The number of methoxy groups -OCH3 is 1. The van der Waals surface area contributed by atoms with Gasteiger partial charge in [0.1, 0.15) is 21.3 Å². The summed E-state index contributed by atoms with van der Waals surface area (Å²) in [5.41, 5.74) is -1.10. The number of hydrogen-bond donors (Lipinski definition) is 1. The molecule has 11 heteroatoms. The van der Waals surface area contributed by atoms with Gasteiger partial charge >= 0.3 is 0 Å².